The predicted octanol–water partition coefficient (Wildman–Crippen LogP) is 3.35. The van der Waals surface area contributed by atoms with Gasteiger partial charge in [0.05, 0.1) is 30.7 Å². The van der Waals surface area contributed by atoms with Crippen LogP contribution in [-0.4, -0.2) is 33.1 Å². The van der Waals surface area contributed by atoms with Crippen molar-refractivity contribution >= 4 is 17.7 Å². The largest absolute Gasteiger partial charge is 0.493 e. The Bertz CT molecular complexity index is 706. The normalized spacial score (nSPS) is 17.8. The minimum absolute atomic E-state index is 0.0582. The third kappa shape index (κ3) is 3.70. The summed E-state index contributed by atoms with van der Waals surface area (Å²) in [6.07, 6.45) is 4.03. The van der Waals surface area contributed by atoms with Gasteiger partial charge in [0.15, 0.2) is 0 Å². The lowest BCUT2D eigenvalue weighted by Crippen LogP contribution is -2.37. The summed E-state index contributed by atoms with van der Waals surface area (Å²) in [5.41, 5.74) is 2.71. The van der Waals surface area contributed by atoms with Crippen LogP contribution >= 0.6 is 11.8 Å². The first-order valence-corrected chi connectivity index (χ1v) is 9.14. The second-order valence-corrected chi connectivity index (χ2v) is 6.80. The molecule has 1 unspecified atom stereocenters. The van der Waals surface area contributed by atoms with E-state index in [4.69, 9.17) is 4.74 Å². The van der Waals surface area contributed by atoms with E-state index < -0.39 is 0 Å². The molecule has 2 aromatic rings. The zero-order valence-electron chi connectivity index (χ0n) is 13.9. The average molecular weight is 343 g/mol. The number of aryl methyl sites for hydroxylation is 1. The van der Waals surface area contributed by atoms with Gasteiger partial charge in [-0.1, -0.05) is 18.2 Å². The Labute approximate surface area is 146 Å². The number of hydrogen-bond donors (Lipinski definition) is 0. The lowest BCUT2D eigenvalue weighted by atomic mass is 10.1. The first kappa shape index (κ1) is 16.8. The highest BCUT2D eigenvalue weighted by molar-refractivity contribution is 7.99. The van der Waals surface area contributed by atoms with Crippen molar-refractivity contribution in [2.24, 2.45) is 0 Å². The van der Waals surface area contributed by atoms with Crippen LogP contribution in [0.5, 0.6) is 5.75 Å². The molecule has 5 nitrogen and oxygen atoms in total. The topological polar surface area (TPSA) is 55.3 Å². The van der Waals surface area contributed by atoms with Crippen LogP contribution in [0.25, 0.3) is 0 Å². The van der Waals surface area contributed by atoms with Gasteiger partial charge in [0.25, 0.3) is 0 Å². The maximum Gasteiger partial charge on any atom is 0.224 e. The number of hydrogen-bond acceptors (Lipinski definition) is 5. The van der Waals surface area contributed by atoms with Crippen LogP contribution < -0.4 is 4.74 Å². The van der Waals surface area contributed by atoms with E-state index in [2.05, 4.69) is 9.97 Å². The van der Waals surface area contributed by atoms with Crippen LogP contribution in [0.1, 0.15) is 35.7 Å². The fourth-order valence-electron chi connectivity index (χ4n) is 2.70. The molecule has 1 saturated heterocycles. The highest BCUT2D eigenvalue weighted by Crippen LogP contribution is 2.41. The van der Waals surface area contributed by atoms with Crippen LogP contribution in [0.15, 0.2) is 36.7 Å². The van der Waals surface area contributed by atoms with E-state index in [1.165, 1.54) is 0 Å². The van der Waals surface area contributed by atoms with Gasteiger partial charge in [0.1, 0.15) is 11.1 Å². The highest BCUT2D eigenvalue weighted by atomic mass is 32.2. The van der Waals surface area contributed by atoms with Crippen molar-refractivity contribution in [3.8, 4) is 5.75 Å². The molecule has 1 fully saturated rings. The Morgan fingerprint density at radius 3 is 2.88 bits per heavy atom. The summed E-state index contributed by atoms with van der Waals surface area (Å²) in [5.74, 6) is 1.81. The summed E-state index contributed by atoms with van der Waals surface area (Å²) in [6.45, 7) is 4.94. The van der Waals surface area contributed by atoms with E-state index in [-0.39, 0.29) is 11.3 Å². The number of carbonyl (C=O) groups excluding carboxylic acids is 1. The second kappa shape index (κ2) is 7.66. The number of thioether (sulfide) groups is 1. The number of ether oxygens (including phenoxy) is 1. The third-order valence-electron chi connectivity index (χ3n) is 3.85. The summed E-state index contributed by atoms with van der Waals surface area (Å²) in [5, 5.41) is -0.0582. The molecule has 1 aromatic heterocycles. The maximum atomic E-state index is 12.5. The fraction of sp³-hybridized carbons (Fsp3) is 0.389. The van der Waals surface area contributed by atoms with E-state index >= 15 is 0 Å². The zero-order chi connectivity index (χ0) is 16.9. The fourth-order valence-corrected chi connectivity index (χ4v) is 3.96. The SMILES string of the molecule is CCOc1ccccc1C1SCCC(=O)N1Cc1cnc(C)cn1. The Morgan fingerprint density at radius 1 is 1.29 bits per heavy atom. The molecular weight excluding hydrogens is 322 g/mol. The van der Waals surface area contributed by atoms with Crippen molar-refractivity contribution in [1.82, 2.24) is 14.9 Å². The van der Waals surface area contributed by atoms with Crippen molar-refractivity contribution < 1.29 is 9.53 Å². The summed E-state index contributed by atoms with van der Waals surface area (Å²) in [6, 6.07) is 7.94. The molecular formula is C18H21N3O2S. The van der Waals surface area contributed by atoms with Crippen molar-refractivity contribution in [1.29, 1.82) is 0 Å². The standard InChI is InChI=1S/C18H21N3O2S/c1-3-23-16-7-5-4-6-15(16)18-21(17(22)8-9-24-18)12-14-11-19-13(2)10-20-14/h4-7,10-11,18H,3,8-9,12H2,1-2H3. The van der Waals surface area contributed by atoms with Gasteiger partial charge < -0.3 is 9.64 Å². The number of aromatic nitrogens is 2. The minimum atomic E-state index is -0.0582. The highest BCUT2D eigenvalue weighted by Gasteiger charge is 2.32. The van der Waals surface area contributed by atoms with Crippen LogP contribution in [0.3, 0.4) is 0 Å². The lowest BCUT2D eigenvalue weighted by Gasteiger charge is -2.35. The molecule has 0 radical (unpaired) electrons. The van der Waals surface area contributed by atoms with Crippen LogP contribution in [0, 0.1) is 6.92 Å². The van der Waals surface area contributed by atoms with E-state index in [0.717, 1.165) is 28.5 Å². The second-order valence-electron chi connectivity index (χ2n) is 5.61. The number of nitrogens with zero attached hydrogens (tertiary/aromatic N) is 3. The van der Waals surface area contributed by atoms with E-state index in [1.807, 2.05) is 43.0 Å². The van der Waals surface area contributed by atoms with Gasteiger partial charge in [-0.3, -0.25) is 14.8 Å². The Hall–Kier alpha value is -2.08. The van der Waals surface area contributed by atoms with Crippen molar-refractivity contribution in [3.05, 3.63) is 53.6 Å². The molecule has 1 aliphatic rings. The van der Waals surface area contributed by atoms with Gasteiger partial charge in [-0.15, -0.1) is 11.8 Å². The maximum absolute atomic E-state index is 12.5. The van der Waals surface area contributed by atoms with Crippen molar-refractivity contribution in [2.45, 2.75) is 32.2 Å². The first-order chi connectivity index (χ1) is 11.7. The monoisotopic (exact) mass is 343 g/mol. The minimum Gasteiger partial charge on any atom is -0.493 e. The molecule has 6 heteroatoms. The molecule has 0 spiro atoms. The van der Waals surface area contributed by atoms with E-state index in [9.17, 15) is 4.79 Å². The number of benzene rings is 1. The van der Waals surface area contributed by atoms with Crippen LogP contribution in [-0.2, 0) is 11.3 Å². The van der Waals surface area contributed by atoms with Crippen LogP contribution in [0.2, 0.25) is 0 Å². The molecule has 1 atom stereocenters. The molecule has 0 bridgehead atoms. The molecule has 24 heavy (non-hydrogen) atoms. The number of carbonyl (C=O) groups is 1. The molecule has 0 aliphatic carbocycles. The molecule has 3 rings (SSSR count). The van der Waals surface area contributed by atoms with E-state index in [1.54, 1.807) is 24.2 Å². The Morgan fingerprint density at radius 2 is 2.12 bits per heavy atom. The van der Waals surface area contributed by atoms with Crippen LogP contribution in [0.4, 0.5) is 0 Å². The molecule has 0 saturated carbocycles. The molecule has 0 N–H and O–H groups in total. The van der Waals surface area contributed by atoms with Gasteiger partial charge in [-0.05, 0) is 19.9 Å². The van der Waals surface area contributed by atoms with Crippen molar-refractivity contribution in [3.63, 3.8) is 0 Å². The lowest BCUT2D eigenvalue weighted by molar-refractivity contribution is -0.132. The molecule has 1 aromatic carbocycles. The summed E-state index contributed by atoms with van der Waals surface area (Å²) < 4.78 is 5.76. The van der Waals surface area contributed by atoms with Gasteiger partial charge in [-0.2, -0.15) is 0 Å². The first-order valence-electron chi connectivity index (χ1n) is 8.09. The Kier molecular flexibility index (Phi) is 5.35. The third-order valence-corrected chi connectivity index (χ3v) is 5.11. The number of rotatable bonds is 5. The zero-order valence-corrected chi connectivity index (χ0v) is 14.8. The quantitative estimate of drug-likeness (QED) is 0.833. The van der Waals surface area contributed by atoms with Crippen molar-refractivity contribution in [2.75, 3.05) is 12.4 Å². The summed E-state index contributed by atoms with van der Waals surface area (Å²) in [4.78, 5) is 23.1. The average Bonchev–Trinajstić information content (AvgIpc) is 2.59. The molecule has 1 aliphatic heterocycles. The van der Waals surface area contributed by atoms with E-state index in [0.29, 0.717) is 19.6 Å². The predicted molar refractivity (Wildman–Crippen MR) is 94.7 cm³/mol. The molecule has 126 valence electrons. The van der Waals surface area contributed by atoms with Gasteiger partial charge in [0, 0.05) is 23.9 Å². The molecule has 2 heterocycles. The van der Waals surface area contributed by atoms with Gasteiger partial charge in [-0.25, -0.2) is 0 Å². The summed E-state index contributed by atoms with van der Waals surface area (Å²) in [7, 11) is 0. The molecule has 1 amide bonds. The number of para-hydroxylation sites is 1. The summed E-state index contributed by atoms with van der Waals surface area (Å²) >= 11 is 1.77. The number of amides is 1. The smallest absolute Gasteiger partial charge is 0.224 e. The van der Waals surface area contributed by atoms with Gasteiger partial charge in [0.2, 0.25) is 5.91 Å². The Balaban J connectivity index is 1.89. The van der Waals surface area contributed by atoms with Gasteiger partial charge >= 0.3 is 0 Å².